The Balaban J connectivity index is 2.94. The van der Waals surface area contributed by atoms with E-state index in [1.54, 1.807) is 31.2 Å². The fourth-order valence-electron chi connectivity index (χ4n) is 2.26. The molecule has 0 radical (unpaired) electrons. The highest BCUT2D eigenvalue weighted by molar-refractivity contribution is 5.89. The van der Waals surface area contributed by atoms with Crippen molar-refractivity contribution in [2.75, 3.05) is 6.61 Å². The highest BCUT2D eigenvalue weighted by Gasteiger charge is 2.23. The van der Waals surface area contributed by atoms with Crippen LogP contribution in [0.15, 0.2) is 24.3 Å². The van der Waals surface area contributed by atoms with Gasteiger partial charge < -0.3 is 9.84 Å². The Hall–Kier alpha value is -1.84. The molecule has 0 aliphatic heterocycles. The summed E-state index contributed by atoms with van der Waals surface area (Å²) in [4.78, 5) is 23.2. The van der Waals surface area contributed by atoms with E-state index < -0.39 is 5.97 Å². The van der Waals surface area contributed by atoms with Gasteiger partial charge in [0.15, 0.2) is 0 Å². The first kappa shape index (κ1) is 16.2. The number of ether oxygens (including phenoxy) is 1. The number of hydrogen-bond acceptors (Lipinski definition) is 3. The molecule has 0 spiro atoms. The Labute approximate surface area is 119 Å². The van der Waals surface area contributed by atoms with Gasteiger partial charge in [0.25, 0.3) is 0 Å². The largest absolute Gasteiger partial charge is 0.478 e. The number of benzene rings is 1. The zero-order chi connectivity index (χ0) is 15.1. The molecule has 1 N–H and O–H groups in total. The number of esters is 1. The van der Waals surface area contributed by atoms with E-state index in [4.69, 9.17) is 4.74 Å². The molecule has 0 amide bonds. The summed E-state index contributed by atoms with van der Waals surface area (Å²) in [5.74, 6) is -1.16. The lowest BCUT2D eigenvalue weighted by atomic mass is 9.89. The van der Waals surface area contributed by atoms with E-state index in [0.29, 0.717) is 30.9 Å². The molecule has 0 fully saturated rings. The van der Waals surface area contributed by atoms with Gasteiger partial charge in [0.2, 0.25) is 0 Å². The van der Waals surface area contributed by atoms with E-state index in [1.165, 1.54) is 0 Å². The van der Waals surface area contributed by atoms with Crippen molar-refractivity contribution in [2.45, 2.75) is 33.6 Å². The van der Waals surface area contributed by atoms with Crippen LogP contribution >= 0.6 is 0 Å². The molecule has 1 rings (SSSR count). The summed E-state index contributed by atoms with van der Waals surface area (Å²) < 4.78 is 5.09. The third kappa shape index (κ3) is 4.68. The Kier molecular flexibility index (Phi) is 6.22. The molecule has 4 nitrogen and oxygen atoms in total. The molecule has 0 aliphatic rings. The summed E-state index contributed by atoms with van der Waals surface area (Å²) in [5.41, 5.74) is 0.934. The molecule has 1 unspecified atom stereocenters. The van der Waals surface area contributed by atoms with Gasteiger partial charge in [-0.2, -0.15) is 0 Å². The van der Waals surface area contributed by atoms with E-state index in [1.807, 2.05) is 13.8 Å². The van der Waals surface area contributed by atoms with Crippen LogP contribution in [-0.2, 0) is 16.0 Å². The SMILES string of the molecule is CCOC(=O)C(Cc1ccccc1C(=O)O)CC(C)C. The van der Waals surface area contributed by atoms with E-state index in [-0.39, 0.29) is 17.5 Å². The predicted octanol–water partition coefficient (Wildman–Crippen LogP) is 3.15. The van der Waals surface area contributed by atoms with Crippen LogP contribution in [0.3, 0.4) is 0 Å². The lowest BCUT2D eigenvalue weighted by Crippen LogP contribution is -2.22. The van der Waals surface area contributed by atoms with Crippen molar-refractivity contribution in [3.8, 4) is 0 Å². The number of carbonyl (C=O) groups is 2. The minimum atomic E-state index is -0.965. The van der Waals surface area contributed by atoms with Gasteiger partial charge in [0.1, 0.15) is 0 Å². The first-order valence-electron chi connectivity index (χ1n) is 6.93. The minimum Gasteiger partial charge on any atom is -0.478 e. The number of aromatic carboxylic acids is 1. The number of carboxylic acid groups (broad SMARTS) is 1. The Morgan fingerprint density at radius 2 is 1.90 bits per heavy atom. The maximum atomic E-state index is 12.0. The van der Waals surface area contributed by atoms with Crippen LogP contribution in [0.25, 0.3) is 0 Å². The molecule has 110 valence electrons. The van der Waals surface area contributed by atoms with E-state index in [9.17, 15) is 14.7 Å². The van der Waals surface area contributed by atoms with Crippen LogP contribution in [-0.4, -0.2) is 23.7 Å². The summed E-state index contributed by atoms with van der Waals surface area (Å²) in [5, 5.41) is 9.19. The number of carboxylic acids is 1. The van der Waals surface area contributed by atoms with Gasteiger partial charge in [0.05, 0.1) is 18.1 Å². The van der Waals surface area contributed by atoms with Gasteiger partial charge in [-0.1, -0.05) is 32.0 Å². The van der Waals surface area contributed by atoms with Crippen LogP contribution in [0.4, 0.5) is 0 Å². The van der Waals surface area contributed by atoms with Crippen LogP contribution in [0.1, 0.15) is 43.1 Å². The molecule has 0 aliphatic carbocycles. The van der Waals surface area contributed by atoms with Crippen LogP contribution in [0.5, 0.6) is 0 Å². The Morgan fingerprint density at radius 3 is 2.45 bits per heavy atom. The maximum Gasteiger partial charge on any atom is 0.335 e. The van der Waals surface area contributed by atoms with Gasteiger partial charge >= 0.3 is 11.9 Å². The van der Waals surface area contributed by atoms with Gasteiger partial charge in [-0.05, 0) is 37.3 Å². The summed E-state index contributed by atoms with van der Waals surface area (Å²) in [7, 11) is 0. The first-order chi connectivity index (χ1) is 9.45. The zero-order valence-electron chi connectivity index (χ0n) is 12.3. The molecule has 0 heterocycles. The fraction of sp³-hybridized carbons (Fsp3) is 0.500. The predicted molar refractivity (Wildman–Crippen MR) is 76.7 cm³/mol. The number of rotatable bonds is 7. The molecular weight excluding hydrogens is 256 g/mol. The van der Waals surface area contributed by atoms with Crippen molar-refractivity contribution in [1.29, 1.82) is 0 Å². The summed E-state index contributed by atoms with van der Waals surface area (Å²) in [6, 6.07) is 6.80. The third-order valence-corrected chi connectivity index (χ3v) is 3.09. The molecule has 1 aromatic rings. The molecule has 20 heavy (non-hydrogen) atoms. The molecule has 0 saturated heterocycles. The van der Waals surface area contributed by atoms with E-state index in [2.05, 4.69) is 0 Å². The highest BCUT2D eigenvalue weighted by atomic mass is 16.5. The summed E-state index contributed by atoms with van der Waals surface area (Å²) >= 11 is 0. The lowest BCUT2D eigenvalue weighted by molar-refractivity contribution is -0.148. The van der Waals surface area contributed by atoms with Crippen LogP contribution in [0.2, 0.25) is 0 Å². The second kappa shape index (κ2) is 7.68. The average Bonchev–Trinajstić information content (AvgIpc) is 2.38. The second-order valence-electron chi connectivity index (χ2n) is 5.24. The Bertz CT molecular complexity index is 465. The summed E-state index contributed by atoms with van der Waals surface area (Å²) in [6.07, 6.45) is 1.09. The van der Waals surface area contributed by atoms with E-state index in [0.717, 1.165) is 0 Å². The van der Waals surface area contributed by atoms with Crippen molar-refractivity contribution >= 4 is 11.9 Å². The van der Waals surface area contributed by atoms with Crippen molar-refractivity contribution in [2.24, 2.45) is 11.8 Å². The maximum absolute atomic E-state index is 12.0. The van der Waals surface area contributed by atoms with Crippen molar-refractivity contribution < 1.29 is 19.4 Å². The second-order valence-corrected chi connectivity index (χ2v) is 5.24. The van der Waals surface area contributed by atoms with Crippen molar-refractivity contribution in [1.82, 2.24) is 0 Å². The van der Waals surface area contributed by atoms with E-state index >= 15 is 0 Å². The standard InChI is InChI=1S/C16H22O4/c1-4-20-16(19)13(9-11(2)3)10-12-7-5-6-8-14(12)15(17)18/h5-8,11,13H,4,9-10H2,1-3H3,(H,17,18). The van der Waals surface area contributed by atoms with Crippen LogP contribution in [0, 0.1) is 11.8 Å². The molecule has 1 atom stereocenters. The van der Waals surface area contributed by atoms with Gasteiger partial charge in [-0.3, -0.25) is 4.79 Å². The molecule has 1 aromatic carbocycles. The normalized spacial score (nSPS) is 12.2. The molecule has 4 heteroatoms. The number of hydrogen-bond donors (Lipinski definition) is 1. The Morgan fingerprint density at radius 1 is 1.25 bits per heavy atom. The van der Waals surface area contributed by atoms with Crippen LogP contribution < -0.4 is 0 Å². The van der Waals surface area contributed by atoms with Gasteiger partial charge in [-0.15, -0.1) is 0 Å². The number of carbonyl (C=O) groups excluding carboxylic acids is 1. The smallest absolute Gasteiger partial charge is 0.335 e. The minimum absolute atomic E-state index is 0.249. The quantitative estimate of drug-likeness (QED) is 0.778. The first-order valence-corrected chi connectivity index (χ1v) is 6.93. The molecule has 0 aromatic heterocycles. The van der Waals surface area contributed by atoms with Gasteiger partial charge in [-0.25, -0.2) is 4.79 Å². The average molecular weight is 278 g/mol. The molecule has 0 saturated carbocycles. The molecular formula is C16H22O4. The topological polar surface area (TPSA) is 63.6 Å². The third-order valence-electron chi connectivity index (χ3n) is 3.09. The monoisotopic (exact) mass is 278 g/mol. The summed E-state index contributed by atoms with van der Waals surface area (Å²) in [6.45, 7) is 6.19. The zero-order valence-corrected chi connectivity index (χ0v) is 12.3. The highest BCUT2D eigenvalue weighted by Crippen LogP contribution is 2.21. The lowest BCUT2D eigenvalue weighted by Gasteiger charge is -2.18. The van der Waals surface area contributed by atoms with Crippen molar-refractivity contribution in [3.63, 3.8) is 0 Å². The van der Waals surface area contributed by atoms with Crippen molar-refractivity contribution in [3.05, 3.63) is 35.4 Å². The van der Waals surface area contributed by atoms with Gasteiger partial charge in [0, 0.05) is 0 Å². The fourth-order valence-corrected chi connectivity index (χ4v) is 2.26. The molecule has 0 bridgehead atoms.